The molecule has 2 heterocycles. The zero-order valence-electron chi connectivity index (χ0n) is 16.6. The molecule has 170 valence electrons. The second kappa shape index (κ2) is 9.33. The van der Waals surface area contributed by atoms with Crippen LogP contribution in [-0.2, 0) is 37.8 Å². The van der Waals surface area contributed by atoms with E-state index >= 15 is 0 Å². The van der Waals surface area contributed by atoms with Crippen molar-refractivity contribution in [3.05, 3.63) is 17.5 Å². The number of hydrogen-bond acceptors (Lipinski definition) is 6. The number of carbonyl (C=O) groups excluding carboxylic acids is 1. The summed E-state index contributed by atoms with van der Waals surface area (Å²) in [4.78, 5) is 22.8. The molecular weight excluding hydrogens is 431 g/mol. The number of aliphatic carboxylic acids is 1. The molecule has 13 heteroatoms. The highest BCUT2D eigenvalue weighted by atomic mass is 32.2. The molecule has 1 fully saturated rings. The van der Waals surface area contributed by atoms with Gasteiger partial charge in [-0.3, -0.25) is 9.48 Å². The Morgan fingerprint density at radius 3 is 2.40 bits per heavy atom. The summed E-state index contributed by atoms with van der Waals surface area (Å²) in [6, 6.07) is 0. The van der Waals surface area contributed by atoms with Gasteiger partial charge in [-0.15, -0.1) is 0 Å². The van der Waals surface area contributed by atoms with Gasteiger partial charge < -0.3 is 14.7 Å². The number of sulfone groups is 1. The standard InChI is InChI=1S/C15H23N3O4S.C2HF3O2/c1-17-14-7-18(15(19)10-23(2,20)21)6-12(13(14)5-16-17)9-22-8-11-3-4-11;3-2(4,5)1(6)7/h5,11-12H,3-4,6-10H2,1-2H3;(H,6,7). The lowest BCUT2D eigenvalue weighted by Crippen LogP contribution is -2.42. The Balaban J connectivity index is 0.000000396. The highest BCUT2D eigenvalue weighted by molar-refractivity contribution is 7.91. The molecule has 3 rings (SSSR count). The number of carbonyl (C=O) groups is 2. The van der Waals surface area contributed by atoms with E-state index in [-0.39, 0.29) is 11.8 Å². The maximum Gasteiger partial charge on any atom is 0.490 e. The van der Waals surface area contributed by atoms with E-state index in [0.29, 0.717) is 25.6 Å². The van der Waals surface area contributed by atoms with Crippen molar-refractivity contribution in [3.63, 3.8) is 0 Å². The van der Waals surface area contributed by atoms with Crippen LogP contribution in [0.1, 0.15) is 30.0 Å². The molecule has 0 radical (unpaired) electrons. The number of rotatable bonds is 6. The molecule has 2 aliphatic rings. The van der Waals surface area contributed by atoms with E-state index in [4.69, 9.17) is 14.6 Å². The molecule has 1 aliphatic carbocycles. The molecule has 1 amide bonds. The molecule has 1 saturated carbocycles. The molecule has 0 aromatic carbocycles. The number of amides is 1. The van der Waals surface area contributed by atoms with E-state index in [1.807, 2.05) is 13.2 Å². The molecule has 1 aromatic rings. The van der Waals surface area contributed by atoms with Gasteiger partial charge in [0.25, 0.3) is 0 Å². The molecule has 1 N–H and O–H groups in total. The first-order chi connectivity index (χ1) is 13.8. The third kappa shape index (κ3) is 7.27. The lowest BCUT2D eigenvalue weighted by Gasteiger charge is -2.33. The summed E-state index contributed by atoms with van der Waals surface area (Å²) in [7, 11) is -1.49. The van der Waals surface area contributed by atoms with Gasteiger partial charge in [0.05, 0.1) is 25.0 Å². The van der Waals surface area contributed by atoms with Gasteiger partial charge in [0.15, 0.2) is 9.84 Å². The van der Waals surface area contributed by atoms with Crippen LogP contribution < -0.4 is 0 Å². The molecular formula is C17H24F3N3O6S. The lowest BCUT2D eigenvalue weighted by atomic mass is 9.95. The number of carboxylic acids is 1. The monoisotopic (exact) mass is 455 g/mol. The third-order valence-corrected chi connectivity index (χ3v) is 5.44. The number of alkyl halides is 3. The van der Waals surface area contributed by atoms with Gasteiger partial charge >= 0.3 is 12.1 Å². The number of halogens is 3. The predicted octanol–water partition coefficient (Wildman–Crippen LogP) is 0.950. The van der Waals surface area contributed by atoms with Crippen molar-refractivity contribution in [1.29, 1.82) is 0 Å². The highest BCUT2D eigenvalue weighted by Gasteiger charge is 2.38. The lowest BCUT2D eigenvalue weighted by molar-refractivity contribution is -0.192. The molecule has 30 heavy (non-hydrogen) atoms. The van der Waals surface area contributed by atoms with Crippen molar-refractivity contribution in [2.45, 2.75) is 31.5 Å². The molecule has 1 aromatic heterocycles. The number of nitrogens with zero attached hydrogens (tertiary/aromatic N) is 3. The minimum absolute atomic E-state index is 0.0507. The summed E-state index contributed by atoms with van der Waals surface area (Å²) in [6.07, 6.45) is 0.309. The first-order valence-corrected chi connectivity index (χ1v) is 11.2. The Morgan fingerprint density at radius 1 is 1.30 bits per heavy atom. The van der Waals surface area contributed by atoms with Crippen molar-refractivity contribution in [2.24, 2.45) is 13.0 Å². The average molecular weight is 455 g/mol. The van der Waals surface area contributed by atoms with Crippen molar-refractivity contribution >= 4 is 21.7 Å². The fraction of sp³-hybridized carbons (Fsp3) is 0.706. The predicted molar refractivity (Wildman–Crippen MR) is 98.3 cm³/mol. The Morgan fingerprint density at radius 2 is 1.90 bits per heavy atom. The van der Waals surface area contributed by atoms with Gasteiger partial charge in [-0.2, -0.15) is 18.3 Å². The smallest absolute Gasteiger partial charge is 0.475 e. The van der Waals surface area contributed by atoms with E-state index in [1.165, 1.54) is 12.8 Å². The summed E-state index contributed by atoms with van der Waals surface area (Å²) in [5.74, 6) is -2.82. The third-order valence-electron chi connectivity index (χ3n) is 4.67. The van der Waals surface area contributed by atoms with Gasteiger partial charge in [-0.25, -0.2) is 13.2 Å². The van der Waals surface area contributed by atoms with E-state index in [1.54, 1.807) is 9.58 Å². The van der Waals surface area contributed by atoms with Crippen molar-refractivity contribution in [1.82, 2.24) is 14.7 Å². The Labute approximate surface area is 171 Å². The Hall–Kier alpha value is -2.15. The van der Waals surface area contributed by atoms with Crippen LogP contribution in [0.2, 0.25) is 0 Å². The SMILES string of the molecule is Cn1ncc2c1CN(C(=O)CS(C)(=O)=O)CC2COCC1CC1.O=C(O)C(F)(F)F. The second-order valence-corrected chi connectivity index (χ2v) is 9.64. The van der Waals surface area contributed by atoms with Crippen LogP contribution in [0.4, 0.5) is 13.2 Å². The first-order valence-electron chi connectivity index (χ1n) is 9.12. The molecule has 0 spiro atoms. The van der Waals surface area contributed by atoms with Crippen LogP contribution in [0.5, 0.6) is 0 Å². The van der Waals surface area contributed by atoms with Crippen molar-refractivity contribution in [3.8, 4) is 0 Å². The van der Waals surface area contributed by atoms with E-state index in [2.05, 4.69) is 5.10 Å². The largest absolute Gasteiger partial charge is 0.490 e. The summed E-state index contributed by atoms with van der Waals surface area (Å²) < 4.78 is 62.1. The summed E-state index contributed by atoms with van der Waals surface area (Å²) in [5.41, 5.74) is 2.06. The number of fused-ring (bicyclic) bond motifs is 1. The molecule has 1 unspecified atom stereocenters. The van der Waals surface area contributed by atoms with E-state index in [0.717, 1.165) is 24.1 Å². The van der Waals surface area contributed by atoms with E-state index in [9.17, 15) is 26.4 Å². The van der Waals surface area contributed by atoms with Gasteiger partial charge in [-0.05, 0) is 18.8 Å². The Kier molecular flexibility index (Phi) is 7.50. The maximum atomic E-state index is 12.3. The highest BCUT2D eigenvalue weighted by Crippen LogP contribution is 2.31. The van der Waals surface area contributed by atoms with Crippen LogP contribution in [0, 0.1) is 5.92 Å². The average Bonchev–Trinajstić information content (AvgIpc) is 3.35. The molecule has 1 aliphatic heterocycles. The molecule has 9 nitrogen and oxygen atoms in total. The summed E-state index contributed by atoms with van der Waals surface area (Å²) in [5, 5.41) is 11.4. The van der Waals surface area contributed by atoms with Gasteiger partial charge in [0.2, 0.25) is 5.91 Å². The topological polar surface area (TPSA) is 119 Å². The maximum absolute atomic E-state index is 12.3. The minimum atomic E-state index is -5.08. The van der Waals surface area contributed by atoms with Crippen molar-refractivity contribution < 1.29 is 41.0 Å². The minimum Gasteiger partial charge on any atom is -0.475 e. The number of ether oxygens (including phenoxy) is 1. The van der Waals surface area contributed by atoms with Gasteiger partial charge in [0, 0.05) is 37.9 Å². The molecule has 1 atom stereocenters. The second-order valence-electron chi connectivity index (χ2n) is 7.50. The van der Waals surface area contributed by atoms with Crippen LogP contribution in [0.3, 0.4) is 0 Å². The summed E-state index contributed by atoms with van der Waals surface area (Å²) >= 11 is 0. The number of carboxylic acid groups (broad SMARTS) is 1. The normalized spacial score (nSPS) is 19.0. The first kappa shape index (κ1) is 24.1. The number of hydrogen-bond donors (Lipinski definition) is 1. The quantitative estimate of drug-likeness (QED) is 0.678. The molecule has 0 bridgehead atoms. The number of aryl methyl sites for hydroxylation is 1. The van der Waals surface area contributed by atoms with Crippen LogP contribution >= 0.6 is 0 Å². The zero-order valence-corrected chi connectivity index (χ0v) is 17.4. The fourth-order valence-corrected chi connectivity index (χ4v) is 3.56. The molecule has 0 saturated heterocycles. The van der Waals surface area contributed by atoms with Gasteiger partial charge in [-0.1, -0.05) is 0 Å². The van der Waals surface area contributed by atoms with Crippen LogP contribution in [0.15, 0.2) is 6.20 Å². The van der Waals surface area contributed by atoms with Crippen LogP contribution in [0.25, 0.3) is 0 Å². The van der Waals surface area contributed by atoms with E-state index < -0.39 is 27.7 Å². The zero-order chi connectivity index (χ0) is 22.7. The van der Waals surface area contributed by atoms with Crippen LogP contribution in [-0.4, -0.2) is 78.0 Å². The number of aromatic nitrogens is 2. The van der Waals surface area contributed by atoms with Gasteiger partial charge in [0.1, 0.15) is 5.75 Å². The summed E-state index contributed by atoms with van der Waals surface area (Å²) in [6.45, 7) is 2.19. The fourth-order valence-electron chi connectivity index (χ4n) is 2.93. The Bertz CT molecular complexity index is 880. The van der Waals surface area contributed by atoms with Crippen molar-refractivity contribution in [2.75, 3.05) is 31.8 Å².